The van der Waals surface area contributed by atoms with Crippen LogP contribution >= 0.6 is 0 Å². The Morgan fingerprint density at radius 2 is 2.00 bits per heavy atom. The first-order chi connectivity index (χ1) is 11.6. The fraction of sp³-hybridized carbons (Fsp3) is 0.278. The van der Waals surface area contributed by atoms with Gasteiger partial charge in [0.15, 0.2) is 5.65 Å². The highest BCUT2D eigenvalue weighted by molar-refractivity contribution is 5.92. The molecule has 0 fully saturated rings. The molecule has 5 N–H and O–H groups in total. The Balaban J connectivity index is 0.000000198. The number of hydrogen-bond acceptors (Lipinski definition) is 4. The summed E-state index contributed by atoms with van der Waals surface area (Å²) in [5, 5.41) is 7.99. The number of carbonyl (C=O) groups excluding carboxylic acids is 1. The van der Waals surface area contributed by atoms with E-state index in [-0.39, 0.29) is 11.9 Å². The van der Waals surface area contributed by atoms with Crippen LogP contribution in [0, 0.1) is 0 Å². The zero-order valence-electron chi connectivity index (χ0n) is 13.8. The SMILES string of the molecule is CC(N)CCCc1ccnc2[nH]ncc12.NC(=O)c1ccccc1. The van der Waals surface area contributed by atoms with Crippen LogP contribution in [0.3, 0.4) is 0 Å². The fourth-order valence-corrected chi connectivity index (χ4v) is 2.34. The summed E-state index contributed by atoms with van der Waals surface area (Å²) in [6.07, 6.45) is 6.87. The van der Waals surface area contributed by atoms with Crippen molar-refractivity contribution >= 4 is 16.9 Å². The van der Waals surface area contributed by atoms with Gasteiger partial charge in [-0.15, -0.1) is 0 Å². The molecule has 0 aliphatic heterocycles. The lowest BCUT2D eigenvalue weighted by molar-refractivity contribution is 0.100. The van der Waals surface area contributed by atoms with E-state index in [1.54, 1.807) is 24.3 Å². The number of H-pyrrole nitrogens is 1. The molecule has 1 unspecified atom stereocenters. The summed E-state index contributed by atoms with van der Waals surface area (Å²) in [4.78, 5) is 14.6. The van der Waals surface area contributed by atoms with Gasteiger partial charge in [-0.2, -0.15) is 5.10 Å². The van der Waals surface area contributed by atoms with Crippen molar-refractivity contribution in [2.45, 2.75) is 32.2 Å². The van der Waals surface area contributed by atoms with Crippen molar-refractivity contribution in [2.75, 3.05) is 0 Å². The predicted octanol–water partition coefficient (Wildman–Crippen LogP) is 2.41. The minimum atomic E-state index is -0.379. The second kappa shape index (κ2) is 8.79. The Morgan fingerprint density at radius 3 is 2.62 bits per heavy atom. The standard InChI is InChI=1S/C11H16N4.C7H7NO/c1-8(12)3-2-4-9-5-6-13-11-10(9)7-14-15-11;8-7(9)6-4-2-1-3-5-6/h5-8H,2-4,12H2,1H3,(H,13,14,15);1-5H,(H2,8,9). The van der Waals surface area contributed by atoms with Gasteiger partial charge in [-0.3, -0.25) is 9.89 Å². The third-order valence-electron chi connectivity index (χ3n) is 3.61. The zero-order valence-corrected chi connectivity index (χ0v) is 13.8. The van der Waals surface area contributed by atoms with E-state index in [0.717, 1.165) is 30.3 Å². The van der Waals surface area contributed by atoms with Gasteiger partial charge in [0.2, 0.25) is 5.91 Å². The summed E-state index contributed by atoms with van der Waals surface area (Å²) in [7, 11) is 0. The predicted molar refractivity (Wildman–Crippen MR) is 95.4 cm³/mol. The van der Waals surface area contributed by atoms with E-state index in [2.05, 4.69) is 21.2 Å². The maximum Gasteiger partial charge on any atom is 0.248 e. The summed E-state index contributed by atoms with van der Waals surface area (Å²) >= 11 is 0. The average molecular weight is 325 g/mol. The molecule has 1 atom stereocenters. The molecule has 1 amide bonds. The molecule has 2 aromatic heterocycles. The highest BCUT2D eigenvalue weighted by Crippen LogP contribution is 2.16. The Kier molecular flexibility index (Phi) is 6.45. The van der Waals surface area contributed by atoms with E-state index in [9.17, 15) is 4.79 Å². The molecule has 126 valence electrons. The molecular formula is C18H23N5O. The number of nitrogens with two attached hydrogens (primary N) is 2. The van der Waals surface area contributed by atoms with Gasteiger partial charge in [-0.1, -0.05) is 18.2 Å². The number of hydrogen-bond donors (Lipinski definition) is 3. The number of carbonyl (C=O) groups is 1. The van der Waals surface area contributed by atoms with E-state index in [1.807, 2.05) is 25.4 Å². The van der Waals surface area contributed by atoms with Crippen LogP contribution in [0.1, 0.15) is 35.7 Å². The molecule has 6 nitrogen and oxygen atoms in total. The zero-order chi connectivity index (χ0) is 17.4. The van der Waals surface area contributed by atoms with Crippen LogP contribution in [-0.4, -0.2) is 27.1 Å². The summed E-state index contributed by atoms with van der Waals surface area (Å²) in [6, 6.07) is 11.1. The van der Waals surface area contributed by atoms with Crippen molar-refractivity contribution in [1.29, 1.82) is 0 Å². The molecule has 0 aliphatic rings. The molecule has 3 rings (SSSR count). The molecule has 2 heterocycles. The number of benzene rings is 1. The molecule has 1 aromatic carbocycles. The lowest BCUT2D eigenvalue weighted by Crippen LogP contribution is -2.14. The van der Waals surface area contributed by atoms with Gasteiger partial charge in [0.25, 0.3) is 0 Å². The van der Waals surface area contributed by atoms with Gasteiger partial charge in [-0.25, -0.2) is 4.98 Å². The Morgan fingerprint density at radius 1 is 1.25 bits per heavy atom. The summed E-state index contributed by atoms with van der Waals surface area (Å²) < 4.78 is 0. The van der Waals surface area contributed by atoms with Crippen molar-refractivity contribution in [3.63, 3.8) is 0 Å². The molecule has 24 heavy (non-hydrogen) atoms. The van der Waals surface area contributed by atoms with Gasteiger partial charge in [0, 0.05) is 23.2 Å². The average Bonchev–Trinajstić information content (AvgIpc) is 3.05. The van der Waals surface area contributed by atoms with Gasteiger partial charge in [0.1, 0.15) is 0 Å². The van der Waals surface area contributed by atoms with E-state index in [4.69, 9.17) is 11.5 Å². The monoisotopic (exact) mass is 325 g/mol. The summed E-state index contributed by atoms with van der Waals surface area (Å²) in [5.41, 5.74) is 13.4. The number of aromatic nitrogens is 3. The second-order valence-electron chi connectivity index (χ2n) is 5.70. The molecule has 0 saturated carbocycles. The number of aryl methyl sites for hydroxylation is 1. The number of fused-ring (bicyclic) bond motifs is 1. The molecule has 3 aromatic rings. The maximum absolute atomic E-state index is 10.4. The largest absolute Gasteiger partial charge is 0.366 e. The van der Waals surface area contributed by atoms with Crippen molar-refractivity contribution in [3.05, 3.63) is 59.9 Å². The maximum atomic E-state index is 10.4. The first kappa shape index (κ1) is 17.6. The Bertz CT molecular complexity index is 767. The number of pyridine rings is 1. The number of primary amides is 1. The van der Waals surface area contributed by atoms with Crippen LogP contribution in [0.15, 0.2) is 48.8 Å². The van der Waals surface area contributed by atoms with Crippen LogP contribution in [0.2, 0.25) is 0 Å². The third-order valence-corrected chi connectivity index (χ3v) is 3.61. The van der Waals surface area contributed by atoms with Crippen molar-refractivity contribution < 1.29 is 4.79 Å². The normalized spacial score (nSPS) is 11.6. The Hall–Kier alpha value is -2.73. The summed E-state index contributed by atoms with van der Waals surface area (Å²) in [5.74, 6) is -0.379. The van der Waals surface area contributed by atoms with Crippen LogP contribution in [0.4, 0.5) is 0 Å². The van der Waals surface area contributed by atoms with Crippen LogP contribution in [0.25, 0.3) is 11.0 Å². The van der Waals surface area contributed by atoms with E-state index in [0.29, 0.717) is 5.56 Å². The second-order valence-corrected chi connectivity index (χ2v) is 5.70. The van der Waals surface area contributed by atoms with Gasteiger partial charge in [-0.05, 0) is 49.9 Å². The molecule has 6 heteroatoms. The topological polar surface area (TPSA) is 111 Å². The van der Waals surface area contributed by atoms with Crippen molar-refractivity contribution in [1.82, 2.24) is 15.2 Å². The van der Waals surface area contributed by atoms with E-state index >= 15 is 0 Å². The smallest absolute Gasteiger partial charge is 0.248 e. The molecule has 0 radical (unpaired) electrons. The lowest BCUT2D eigenvalue weighted by atomic mass is 10.0. The summed E-state index contributed by atoms with van der Waals surface area (Å²) in [6.45, 7) is 2.04. The van der Waals surface area contributed by atoms with Crippen molar-refractivity contribution in [2.24, 2.45) is 11.5 Å². The Labute approximate surface area is 141 Å². The quantitative estimate of drug-likeness (QED) is 0.669. The minimum Gasteiger partial charge on any atom is -0.366 e. The van der Waals surface area contributed by atoms with Gasteiger partial charge < -0.3 is 11.5 Å². The van der Waals surface area contributed by atoms with Crippen molar-refractivity contribution in [3.8, 4) is 0 Å². The number of nitrogens with zero attached hydrogens (tertiary/aromatic N) is 2. The van der Waals surface area contributed by atoms with Crippen LogP contribution in [-0.2, 0) is 6.42 Å². The molecule has 0 bridgehead atoms. The number of nitrogens with one attached hydrogen (secondary N) is 1. The molecule has 0 saturated heterocycles. The van der Waals surface area contributed by atoms with Crippen LogP contribution < -0.4 is 11.5 Å². The first-order valence-electron chi connectivity index (χ1n) is 7.95. The number of rotatable bonds is 5. The fourth-order valence-electron chi connectivity index (χ4n) is 2.34. The van der Waals surface area contributed by atoms with Crippen LogP contribution in [0.5, 0.6) is 0 Å². The number of aromatic amines is 1. The molecular weight excluding hydrogens is 302 g/mol. The first-order valence-corrected chi connectivity index (χ1v) is 7.95. The van der Waals surface area contributed by atoms with E-state index < -0.39 is 0 Å². The van der Waals surface area contributed by atoms with E-state index in [1.165, 1.54) is 5.56 Å². The van der Waals surface area contributed by atoms with Gasteiger partial charge in [0.05, 0.1) is 6.20 Å². The number of amides is 1. The highest BCUT2D eigenvalue weighted by Gasteiger charge is 2.03. The van der Waals surface area contributed by atoms with Gasteiger partial charge >= 0.3 is 0 Å². The molecule has 0 aliphatic carbocycles. The third kappa shape index (κ3) is 5.17. The highest BCUT2D eigenvalue weighted by atomic mass is 16.1. The molecule has 0 spiro atoms. The minimum absolute atomic E-state index is 0.284. The lowest BCUT2D eigenvalue weighted by Gasteiger charge is -2.05.